The van der Waals surface area contributed by atoms with Crippen molar-refractivity contribution in [3.8, 4) is 0 Å². The molecule has 0 aromatic rings. The Morgan fingerprint density at radius 3 is 2.15 bits per heavy atom. The first-order chi connectivity index (χ1) is 6.41. The van der Waals surface area contributed by atoms with Gasteiger partial charge in [0.05, 0.1) is 0 Å². The van der Waals surface area contributed by atoms with Gasteiger partial charge in [-0.15, -0.1) is 0 Å². The van der Waals surface area contributed by atoms with Gasteiger partial charge in [0, 0.05) is 6.61 Å². The van der Waals surface area contributed by atoms with Gasteiger partial charge in [-0.25, -0.2) is 0 Å². The topological polar surface area (TPSA) is 20.2 Å². The summed E-state index contributed by atoms with van der Waals surface area (Å²) in [6.07, 6.45) is 14.5. The fourth-order valence-electron chi connectivity index (χ4n) is 1.35. The Kier molecular flexibility index (Phi) is 11.4. The lowest BCUT2D eigenvalue weighted by Gasteiger charge is -1.97. The van der Waals surface area contributed by atoms with Crippen molar-refractivity contribution in [1.29, 1.82) is 0 Å². The van der Waals surface area contributed by atoms with Crippen molar-refractivity contribution in [3.05, 3.63) is 12.2 Å². The van der Waals surface area contributed by atoms with Crippen LogP contribution in [0.5, 0.6) is 0 Å². The molecule has 0 heterocycles. The Bertz CT molecular complexity index is 108. The molecule has 0 rings (SSSR count). The van der Waals surface area contributed by atoms with Crippen LogP contribution in [-0.4, -0.2) is 11.7 Å². The van der Waals surface area contributed by atoms with Crippen LogP contribution < -0.4 is 0 Å². The van der Waals surface area contributed by atoms with Crippen molar-refractivity contribution < 1.29 is 5.11 Å². The average molecular weight is 184 g/mol. The third kappa shape index (κ3) is 11.7. The largest absolute Gasteiger partial charge is 0.396 e. The summed E-state index contributed by atoms with van der Waals surface area (Å²) in [6.45, 7) is 2.53. The van der Waals surface area contributed by atoms with Gasteiger partial charge in [-0.3, -0.25) is 0 Å². The number of aliphatic hydroxyl groups is 1. The molecule has 0 aromatic heterocycles. The fraction of sp³-hybridized carbons (Fsp3) is 0.833. The van der Waals surface area contributed by atoms with Crippen LogP contribution in [0.3, 0.4) is 0 Å². The molecule has 78 valence electrons. The summed E-state index contributed by atoms with van der Waals surface area (Å²) in [5.74, 6) is 0. The highest BCUT2D eigenvalue weighted by atomic mass is 16.2. The summed E-state index contributed by atoms with van der Waals surface area (Å²) in [6, 6.07) is 0. The lowest BCUT2D eigenvalue weighted by atomic mass is 10.1. The first-order valence-corrected chi connectivity index (χ1v) is 5.67. The minimum Gasteiger partial charge on any atom is -0.396 e. The van der Waals surface area contributed by atoms with Crippen molar-refractivity contribution in [3.63, 3.8) is 0 Å². The molecule has 13 heavy (non-hydrogen) atoms. The lowest BCUT2D eigenvalue weighted by Crippen LogP contribution is -1.78. The normalized spacial score (nSPS) is 11.2. The molecule has 0 aliphatic heterocycles. The van der Waals surface area contributed by atoms with E-state index < -0.39 is 0 Å². The van der Waals surface area contributed by atoms with Crippen LogP contribution in [0.15, 0.2) is 12.2 Å². The summed E-state index contributed by atoms with van der Waals surface area (Å²) in [4.78, 5) is 0. The van der Waals surface area contributed by atoms with E-state index in [-0.39, 0.29) is 6.61 Å². The second-order valence-corrected chi connectivity index (χ2v) is 3.54. The van der Waals surface area contributed by atoms with Crippen LogP contribution in [0.4, 0.5) is 0 Å². The molecule has 0 radical (unpaired) electrons. The number of hydrogen-bond donors (Lipinski definition) is 1. The van der Waals surface area contributed by atoms with E-state index >= 15 is 0 Å². The van der Waals surface area contributed by atoms with Crippen molar-refractivity contribution in [2.45, 2.75) is 58.3 Å². The standard InChI is InChI=1S/C12H24O/c1-2-3-4-5-6-7-8-9-10-11-12-13/h9-10,13H,2-8,11-12H2,1H3/b10-9-. The molecule has 0 atom stereocenters. The second kappa shape index (κ2) is 11.7. The Balaban J connectivity index is 2.91. The van der Waals surface area contributed by atoms with Crippen LogP contribution in [0.1, 0.15) is 58.3 Å². The number of hydrogen-bond acceptors (Lipinski definition) is 1. The molecule has 0 unspecified atom stereocenters. The van der Waals surface area contributed by atoms with E-state index in [1.807, 2.05) is 0 Å². The quantitative estimate of drug-likeness (QED) is 0.428. The Morgan fingerprint density at radius 2 is 1.46 bits per heavy atom. The first kappa shape index (κ1) is 12.7. The summed E-state index contributed by atoms with van der Waals surface area (Å²) in [7, 11) is 0. The predicted molar refractivity (Wildman–Crippen MR) is 58.8 cm³/mol. The fourth-order valence-corrected chi connectivity index (χ4v) is 1.35. The molecule has 0 amide bonds. The van der Waals surface area contributed by atoms with Gasteiger partial charge in [0.25, 0.3) is 0 Å². The maximum atomic E-state index is 8.51. The molecule has 0 spiro atoms. The van der Waals surface area contributed by atoms with Crippen LogP contribution in [0.25, 0.3) is 0 Å². The summed E-state index contributed by atoms with van der Waals surface area (Å²) >= 11 is 0. The van der Waals surface area contributed by atoms with Gasteiger partial charge in [0.2, 0.25) is 0 Å². The highest BCUT2D eigenvalue weighted by Crippen LogP contribution is 2.07. The van der Waals surface area contributed by atoms with Crippen molar-refractivity contribution in [2.24, 2.45) is 0 Å². The van der Waals surface area contributed by atoms with Crippen LogP contribution >= 0.6 is 0 Å². The molecule has 0 aliphatic carbocycles. The molecular formula is C12H24O. The third-order valence-electron chi connectivity index (χ3n) is 2.19. The highest BCUT2D eigenvalue weighted by Gasteiger charge is 1.87. The zero-order valence-electron chi connectivity index (χ0n) is 8.97. The third-order valence-corrected chi connectivity index (χ3v) is 2.19. The number of allylic oxidation sites excluding steroid dienone is 1. The molecule has 1 heteroatoms. The van der Waals surface area contributed by atoms with Gasteiger partial charge in [-0.1, -0.05) is 51.2 Å². The van der Waals surface area contributed by atoms with E-state index in [0.717, 1.165) is 6.42 Å². The molecule has 0 aromatic carbocycles. The SMILES string of the molecule is CCCCCCCC/C=C\CCO. The summed E-state index contributed by atoms with van der Waals surface area (Å²) in [5.41, 5.74) is 0. The van der Waals surface area contributed by atoms with Crippen molar-refractivity contribution in [2.75, 3.05) is 6.61 Å². The molecule has 0 fully saturated rings. The van der Waals surface area contributed by atoms with E-state index in [0.29, 0.717) is 0 Å². The Labute approximate surface area is 82.9 Å². The van der Waals surface area contributed by atoms with E-state index in [1.165, 1.54) is 44.9 Å². The molecule has 0 bridgehead atoms. The van der Waals surface area contributed by atoms with Gasteiger partial charge in [0.15, 0.2) is 0 Å². The molecule has 1 nitrogen and oxygen atoms in total. The summed E-state index contributed by atoms with van der Waals surface area (Å²) < 4.78 is 0. The van der Waals surface area contributed by atoms with E-state index in [1.54, 1.807) is 0 Å². The predicted octanol–water partition coefficient (Wildman–Crippen LogP) is 3.68. The lowest BCUT2D eigenvalue weighted by molar-refractivity contribution is 0.302. The van der Waals surface area contributed by atoms with Gasteiger partial charge < -0.3 is 5.11 Å². The van der Waals surface area contributed by atoms with E-state index in [4.69, 9.17) is 5.11 Å². The van der Waals surface area contributed by atoms with Crippen LogP contribution in [0, 0.1) is 0 Å². The summed E-state index contributed by atoms with van der Waals surface area (Å²) in [5, 5.41) is 8.51. The number of unbranched alkanes of at least 4 members (excludes halogenated alkanes) is 6. The Hall–Kier alpha value is -0.300. The number of rotatable bonds is 9. The molecular weight excluding hydrogens is 160 g/mol. The van der Waals surface area contributed by atoms with Crippen LogP contribution in [-0.2, 0) is 0 Å². The minimum atomic E-state index is 0.285. The highest BCUT2D eigenvalue weighted by molar-refractivity contribution is 4.80. The van der Waals surface area contributed by atoms with Gasteiger partial charge in [0.1, 0.15) is 0 Å². The molecule has 0 saturated carbocycles. The molecule has 0 saturated heterocycles. The minimum absolute atomic E-state index is 0.285. The Morgan fingerprint density at radius 1 is 0.846 bits per heavy atom. The zero-order chi connectivity index (χ0) is 9.78. The monoisotopic (exact) mass is 184 g/mol. The van der Waals surface area contributed by atoms with Gasteiger partial charge in [-0.05, 0) is 19.3 Å². The van der Waals surface area contributed by atoms with E-state index in [9.17, 15) is 0 Å². The molecule has 1 N–H and O–H groups in total. The maximum absolute atomic E-state index is 8.51. The van der Waals surface area contributed by atoms with Gasteiger partial charge in [-0.2, -0.15) is 0 Å². The zero-order valence-corrected chi connectivity index (χ0v) is 8.97. The number of aliphatic hydroxyl groups excluding tert-OH is 1. The second-order valence-electron chi connectivity index (χ2n) is 3.54. The van der Waals surface area contributed by atoms with E-state index in [2.05, 4.69) is 19.1 Å². The van der Waals surface area contributed by atoms with Crippen molar-refractivity contribution >= 4 is 0 Å². The average Bonchev–Trinajstić information content (AvgIpc) is 2.16. The van der Waals surface area contributed by atoms with Crippen molar-refractivity contribution in [1.82, 2.24) is 0 Å². The smallest absolute Gasteiger partial charge is 0.0465 e. The molecule has 0 aliphatic rings. The first-order valence-electron chi connectivity index (χ1n) is 5.67. The maximum Gasteiger partial charge on any atom is 0.0465 e. The van der Waals surface area contributed by atoms with Gasteiger partial charge >= 0.3 is 0 Å². The van der Waals surface area contributed by atoms with Crippen LogP contribution in [0.2, 0.25) is 0 Å².